The van der Waals surface area contributed by atoms with E-state index in [1.807, 2.05) is 60.7 Å². The van der Waals surface area contributed by atoms with Gasteiger partial charge in [-0.2, -0.15) is 0 Å². The van der Waals surface area contributed by atoms with Crippen LogP contribution in [0.3, 0.4) is 0 Å². The van der Waals surface area contributed by atoms with Gasteiger partial charge in [-0.15, -0.1) is 0 Å². The number of hydrogen-bond donors (Lipinski definition) is 3. The average molecular weight is 433 g/mol. The Morgan fingerprint density at radius 2 is 1.59 bits per heavy atom. The number of anilines is 1. The Labute approximate surface area is 187 Å². The van der Waals surface area contributed by atoms with Crippen LogP contribution in [0.2, 0.25) is 0 Å². The Balaban J connectivity index is 1.82. The number of aromatic nitrogens is 1. The van der Waals surface area contributed by atoms with Crippen molar-refractivity contribution in [3.8, 4) is 11.3 Å². The quantitative estimate of drug-likeness (QED) is 0.484. The van der Waals surface area contributed by atoms with Crippen molar-refractivity contribution in [1.29, 1.82) is 0 Å². The van der Waals surface area contributed by atoms with Crippen molar-refractivity contribution in [1.82, 2.24) is 15.2 Å². The predicted octanol–water partition coefficient (Wildman–Crippen LogP) is 2.42. The number of nitrogens with one attached hydrogen (secondary N) is 3. The zero-order valence-corrected chi connectivity index (χ0v) is 18.3. The molecule has 32 heavy (non-hydrogen) atoms. The Morgan fingerprint density at radius 3 is 2.25 bits per heavy atom. The molecule has 0 bridgehead atoms. The second-order valence-corrected chi connectivity index (χ2v) is 7.47. The van der Waals surface area contributed by atoms with Gasteiger partial charge in [0, 0.05) is 6.54 Å². The van der Waals surface area contributed by atoms with Crippen molar-refractivity contribution in [2.24, 2.45) is 0 Å². The molecule has 0 saturated carbocycles. The van der Waals surface area contributed by atoms with Gasteiger partial charge < -0.3 is 16.0 Å². The van der Waals surface area contributed by atoms with Gasteiger partial charge in [-0.1, -0.05) is 60.7 Å². The highest BCUT2D eigenvalue weighted by atomic mass is 16.2. The minimum atomic E-state index is -0.460. The Hall–Kier alpha value is -3.71. The fourth-order valence-corrected chi connectivity index (χ4v) is 3.25. The van der Waals surface area contributed by atoms with Crippen LogP contribution >= 0.6 is 0 Å². The first-order valence-corrected chi connectivity index (χ1v) is 10.6. The number of hydrogen-bond acceptors (Lipinski definition) is 4. The van der Waals surface area contributed by atoms with Crippen LogP contribution < -0.4 is 21.5 Å². The topological polar surface area (TPSA) is 92.2 Å². The molecule has 1 aromatic heterocycles. The molecule has 1 unspecified atom stereocenters. The van der Waals surface area contributed by atoms with E-state index < -0.39 is 11.6 Å². The minimum absolute atomic E-state index is 0.133. The van der Waals surface area contributed by atoms with Gasteiger partial charge in [0.05, 0.1) is 11.7 Å². The van der Waals surface area contributed by atoms with Gasteiger partial charge in [0.2, 0.25) is 11.8 Å². The third-order valence-corrected chi connectivity index (χ3v) is 5.21. The molecule has 2 amide bonds. The van der Waals surface area contributed by atoms with Crippen molar-refractivity contribution >= 4 is 17.5 Å². The molecule has 3 rings (SSSR count). The molecule has 0 aliphatic heterocycles. The fraction of sp³-hybridized carbons (Fsp3) is 0.240. The minimum Gasteiger partial charge on any atom is -0.354 e. The Kier molecular flexibility index (Phi) is 7.94. The highest BCUT2D eigenvalue weighted by Gasteiger charge is 2.17. The van der Waals surface area contributed by atoms with E-state index in [1.54, 1.807) is 26.1 Å². The third kappa shape index (κ3) is 5.92. The van der Waals surface area contributed by atoms with Crippen LogP contribution in [0.15, 0.2) is 77.6 Å². The monoisotopic (exact) mass is 432 g/mol. The smallest absolute Gasteiger partial charge is 0.275 e. The summed E-state index contributed by atoms with van der Waals surface area (Å²) in [4.78, 5) is 38.1. The summed E-state index contributed by atoms with van der Waals surface area (Å²) in [5.41, 5.74) is 2.24. The van der Waals surface area contributed by atoms with Crippen molar-refractivity contribution in [3.63, 3.8) is 0 Å². The van der Waals surface area contributed by atoms with Gasteiger partial charge in [-0.3, -0.25) is 19.0 Å². The van der Waals surface area contributed by atoms with E-state index in [0.717, 1.165) is 11.1 Å². The summed E-state index contributed by atoms with van der Waals surface area (Å²) in [7, 11) is 1.67. The first-order valence-electron chi connectivity index (χ1n) is 10.6. The van der Waals surface area contributed by atoms with Gasteiger partial charge in [0.1, 0.15) is 12.2 Å². The zero-order valence-electron chi connectivity index (χ0n) is 18.3. The molecule has 0 spiro atoms. The molecule has 0 fully saturated rings. The molecule has 2 aromatic carbocycles. The van der Waals surface area contributed by atoms with Gasteiger partial charge in [-0.05, 0) is 43.7 Å². The maximum Gasteiger partial charge on any atom is 0.275 e. The second-order valence-electron chi connectivity index (χ2n) is 7.47. The summed E-state index contributed by atoms with van der Waals surface area (Å²) in [5.74, 6) is -0.594. The van der Waals surface area contributed by atoms with Crippen molar-refractivity contribution < 1.29 is 9.59 Å². The summed E-state index contributed by atoms with van der Waals surface area (Å²) in [6.45, 7) is 2.02. The first kappa shape index (κ1) is 23.0. The van der Waals surface area contributed by atoms with E-state index in [9.17, 15) is 14.4 Å². The number of nitrogens with zero attached hydrogens (tertiary/aromatic N) is 1. The average Bonchev–Trinajstić information content (AvgIpc) is 2.82. The van der Waals surface area contributed by atoms with Gasteiger partial charge in [-0.25, -0.2) is 0 Å². The van der Waals surface area contributed by atoms with Crippen molar-refractivity contribution in [2.45, 2.75) is 25.9 Å². The second kappa shape index (κ2) is 11.1. The maximum absolute atomic E-state index is 13.2. The van der Waals surface area contributed by atoms with Crippen molar-refractivity contribution in [2.75, 3.05) is 18.9 Å². The normalized spacial score (nSPS) is 11.6. The van der Waals surface area contributed by atoms with E-state index in [4.69, 9.17) is 0 Å². The predicted molar refractivity (Wildman–Crippen MR) is 126 cm³/mol. The molecule has 7 nitrogen and oxygen atoms in total. The number of rotatable bonds is 9. The van der Waals surface area contributed by atoms with Crippen LogP contribution in [0.1, 0.15) is 12.5 Å². The molecule has 0 saturated heterocycles. The first-order chi connectivity index (χ1) is 15.5. The largest absolute Gasteiger partial charge is 0.354 e. The molecular weight excluding hydrogens is 404 g/mol. The van der Waals surface area contributed by atoms with Crippen LogP contribution in [0.5, 0.6) is 0 Å². The fourth-order valence-electron chi connectivity index (χ4n) is 3.25. The molecule has 3 aromatic rings. The molecule has 7 heteroatoms. The van der Waals surface area contributed by atoms with Gasteiger partial charge in [0.15, 0.2) is 0 Å². The third-order valence-electron chi connectivity index (χ3n) is 5.21. The zero-order chi connectivity index (χ0) is 22.9. The summed E-state index contributed by atoms with van der Waals surface area (Å²) in [5, 5.41) is 8.37. The van der Waals surface area contributed by atoms with E-state index in [1.165, 1.54) is 4.57 Å². The van der Waals surface area contributed by atoms with Gasteiger partial charge >= 0.3 is 0 Å². The molecule has 0 aliphatic carbocycles. The highest BCUT2D eigenvalue weighted by Crippen LogP contribution is 2.19. The summed E-state index contributed by atoms with van der Waals surface area (Å²) in [6, 6.07) is 22.1. The maximum atomic E-state index is 13.2. The van der Waals surface area contributed by atoms with Crippen LogP contribution in [0.4, 0.5) is 5.69 Å². The lowest BCUT2D eigenvalue weighted by molar-refractivity contribution is -0.121. The number of likely N-dealkylation sites (N-methyl/N-ethyl adjacent to an activating group) is 1. The Bertz CT molecular complexity index is 1110. The molecule has 0 aliphatic rings. The lowest BCUT2D eigenvalue weighted by Crippen LogP contribution is -2.39. The number of benzene rings is 2. The summed E-state index contributed by atoms with van der Waals surface area (Å²) >= 11 is 0. The van der Waals surface area contributed by atoms with E-state index >= 15 is 0 Å². The van der Waals surface area contributed by atoms with E-state index in [2.05, 4.69) is 16.0 Å². The summed E-state index contributed by atoms with van der Waals surface area (Å²) in [6.07, 6.45) is 0.699. The summed E-state index contributed by atoms with van der Waals surface area (Å²) < 4.78 is 1.40. The van der Waals surface area contributed by atoms with E-state index in [0.29, 0.717) is 18.7 Å². The van der Waals surface area contributed by atoms with Crippen LogP contribution in [-0.2, 0) is 22.6 Å². The number of pyridine rings is 1. The van der Waals surface area contributed by atoms with Crippen molar-refractivity contribution in [3.05, 3.63) is 88.7 Å². The molecule has 1 heterocycles. The van der Waals surface area contributed by atoms with Crippen LogP contribution in [0, 0.1) is 0 Å². The number of carbonyl (C=O) groups excluding carboxylic acids is 2. The Morgan fingerprint density at radius 1 is 0.938 bits per heavy atom. The number of amides is 2. The molecule has 1 atom stereocenters. The molecule has 3 N–H and O–H groups in total. The van der Waals surface area contributed by atoms with Crippen LogP contribution in [-0.4, -0.2) is 36.0 Å². The number of carbonyl (C=O) groups is 2. The molecule has 0 radical (unpaired) electrons. The van der Waals surface area contributed by atoms with Gasteiger partial charge in [0.25, 0.3) is 5.56 Å². The standard InChI is InChI=1S/C25H28N4O3/c1-18(26-2)24(31)28-21-13-14-22(20-11-7-4-8-12-20)29(25(21)32)17-23(30)27-16-15-19-9-5-3-6-10-19/h3-14,18,26H,15-17H2,1-2H3,(H,27,30)(H,28,31). The SMILES string of the molecule is CNC(C)C(=O)Nc1ccc(-c2ccccc2)n(CC(=O)NCCc2ccccc2)c1=O. The van der Waals surface area contributed by atoms with Crippen LogP contribution in [0.25, 0.3) is 11.3 Å². The lowest BCUT2D eigenvalue weighted by atomic mass is 10.1. The lowest BCUT2D eigenvalue weighted by Gasteiger charge is -2.16. The molecule has 166 valence electrons. The van der Waals surface area contributed by atoms with E-state index in [-0.39, 0.29) is 24.0 Å². The molecular formula is C25H28N4O3. The highest BCUT2D eigenvalue weighted by molar-refractivity contribution is 5.94.